The minimum Gasteiger partial charge on any atom is -0.481 e. The van der Waals surface area contributed by atoms with E-state index in [-0.39, 0.29) is 17.6 Å². The molecule has 2 atom stereocenters. The van der Waals surface area contributed by atoms with Gasteiger partial charge in [0.15, 0.2) is 0 Å². The fourth-order valence-corrected chi connectivity index (χ4v) is 5.76. The molecule has 0 saturated carbocycles. The zero-order valence-electron chi connectivity index (χ0n) is 21.0. The Morgan fingerprint density at radius 2 is 1.55 bits per heavy atom. The molecule has 4 aromatic rings. The minimum absolute atomic E-state index is 0.101. The van der Waals surface area contributed by atoms with Gasteiger partial charge in [0.1, 0.15) is 0 Å². The number of carboxylic acids is 1. The van der Waals surface area contributed by atoms with Gasteiger partial charge in [0, 0.05) is 44.6 Å². The molecule has 5 rings (SSSR count). The van der Waals surface area contributed by atoms with Crippen molar-refractivity contribution in [3.05, 3.63) is 78.9 Å². The third-order valence-corrected chi connectivity index (χ3v) is 7.96. The molecule has 1 aliphatic rings. The number of aryl methyl sites for hydroxylation is 1. The first kappa shape index (κ1) is 25.6. The van der Waals surface area contributed by atoms with Crippen LogP contribution in [0, 0.1) is 11.8 Å². The van der Waals surface area contributed by atoms with Crippen LogP contribution < -0.4 is 10.6 Å². The summed E-state index contributed by atoms with van der Waals surface area (Å²) in [6.45, 7) is 3.00. The third kappa shape index (κ3) is 5.31. The van der Waals surface area contributed by atoms with Crippen LogP contribution in [-0.4, -0.2) is 33.2 Å². The van der Waals surface area contributed by atoms with Gasteiger partial charge >= 0.3 is 5.97 Å². The summed E-state index contributed by atoms with van der Waals surface area (Å²) in [7, 11) is 0. The summed E-state index contributed by atoms with van der Waals surface area (Å²) < 4.78 is 2.27. The molecule has 1 heterocycles. The van der Waals surface area contributed by atoms with Crippen LogP contribution in [0.5, 0.6) is 0 Å². The van der Waals surface area contributed by atoms with E-state index in [2.05, 4.69) is 40.3 Å². The molecule has 0 aliphatic heterocycles. The molecule has 1 aliphatic carbocycles. The molecule has 0 fully saturated rings. The Balaban J connectivity index is 1.18. The predicted molar refractivity (Wildman–Crippen MR) is 153 cm³/mol. The number of carbonyl (C=O) groups is 3. The SMILES string of the molecule is CCn1c2ccccc2c2cc(NC(=O)CSc3ccc(NC(=O)C4CC=CCC4C(=O)O)cc3)ccc21. The zero-order valence-corrected chi connectivity index (χ0v) is 21.8. The van der Waals surface area contributed by atoms with E-state index in [1.165, 1.54) is 22.7 Å². The molecule has 0 radical (unpaired) electrons. The number of para-hydroxylation sites is 1. The summed E-state index contributed by atoms with van der Waals surface area (Å²) in [6.07, 6.45) is 4.45. The van der Waals surface area contributed by atoms with Gasteiger partial charge in [-0.1, -0.05) is 30.4 Å². The number of benzene rings is 3. The van der Waals surface area contributed by atoms with Crippen molar-refractivity contribution in [1.82, 2.24) is 4.57 Å². The second kappa shape index (κ2) is 11.1. The van der Waals surface area contributed by atoms with Crippen molar-refractivity contribution in [3.63, 3.8) is 0 Å². The highest BCUT2D eigenvalue weighted by atomic mass is 32.2. The first-order valence-corrected chi connectivity index (χ1v) is 13.7. The summed E-state index contributed by atoms with van der Waals surface area (Å²) in [5.41, 5.74) is 3.69. The largest absolute Gasteiger partial charge is 0.481 e. The maximum Gasteiger partial charge on any atom is 0.307 e. The third-order valence-electron chi connectivity index (χ3n) is 6.95. The number of fused-ring (bicyclic) bond motifs is 3. The number of carboxylic acid groups (broad SMARTS) is 1. The van der Waals surface area contributed by atoms with Crippen LogP contribution in [0.1, 0.15) is 19.8 Å². The lowest BCUT2D eigenvalue weighted by atomic mass is 9.82. The van der Waals surface area contributed by atoms with Crippen molar-refractivity contribution in [1.29, 1.82) is 0 Å². The molecular formula is C30H29N3O4S. The summed E-state index contributed by atoms with van der Waals surface area (Å²) >= 11 is 1.41. The lowest BCUT2D eigenvalue weighted by molar-refractivity contribution is -0.146. The molecule has 2 amide bonds. The number of aromatic nitrogens is 1. The maximum absolute atomic E-state index is 12.7. The number of rotatable bonds is 8. The van der Waals surface area contributed by atoms with Gasteiger partial charge in [0.05, 0.1) is 17.6 Å². The lowest BCUT2D eigenvalue weighted by Gasteiger charge is -2.24. The first-order valence-electron chi connectivity index (χ1n) is 12.7. The van der Waals surface area contributed by atoms with Crippen LogP contribution in [0.2, 0.25) is 0 Å². The number of aliphatic carboxylic acids is 1. The molecule has 3 N–H and O–H groups in total. The van der Waals surface area contributed by atoms with Gasteiger partial charge in [-0.25, -0.2) is 0 Å². The van der Waals surface area contributed by atoms with Gasteiger partial charge in [-0.3, -0.25) is 14.4 Å². The molecule has 0 spiro atoms. The van der Waals surface area contributed by atoms with E-state index < -0.39 is 17.8 Å². The van der Waals surface area contributed by atoms with Gasteiger partial charge in [0.25, 0.3) is 0 Å². The Bertz CT molecular complexity index is 1540. The second-order valence-electron chi connectivity index (χ2n) is 9.34. The fourth-order valence-electron chi connectivity index (χ4n) is 5.06. The standard InChI is InChI=1S/C30H29N3O4S/c1-2-33-26-10-6-5-7-22(26)25-17-20(13-16-27(25)33)31-28(34)18-38-21-14-11-19(12-15-21)32-29(35)23-8-3-4-9-24(23)30(36)37/h3-7,10-17,23-24H,2,8-9,18H2,1H3,(H,31,34)(H,32,35)(H,36,37). The quantitative estimate of drug-likeness (QED) is 0.188. The van der Waals surface area contributed by atoms with Crippen LogP contribution in [0.4, 0.5) is 11.4 Å². The maximum atomic E-state index is 12.7. The monoisotopic (exact) mass is 527 g/mol. The Labute approximate surface area is 224 Å². The summed E-state index contributed by atoms with van der Waals surface area (Å²) in [6, 6.07) is 21.5. The highest BCUT2D eigenvalue weighted by molar-refractivity contribution is 8.00. The molecular weight excluding hydrogens is 498 g/mol. The Morgan fingerprint density at radius 1 is 0.868 bits per heavy atom. The average molecular weight is 528 g/mol. The molecule has 0 saturated heterocycles. The topological polar surface area (TPSA) is 100 Å². The molecule has 3 aromatic carbocycles. The number of anilines is 2. The van der Waals surface area contributed by atoms with Crippen molar-refractivity contribution in [2.75, 3.05) is 16.4 Å². The van der Waals surface area contributed by atoms with E-state index in [0.29, 0.717) is 18.5 Å². The van der Waals surface area contributed by atoms with Gasteiger partial charge < -0.3 is 20.3 Å². The van der Waals surface area contributed by atoms with E-state index in [1.54, 1.807) is 12.1 Å². The van der Waals surface area contributed by atoms with Crippen molar-refractivity contribution >= 4 is 62.7 Å². The second-order valence-corrected chi connectivity index (χ2v) is 10.4. The first-order chi connectivity index (χ1) is 18.4. The molecule has 8 heteroatoms. The molecule has 38 heavy (non-hydrogen) atoms. The lowest BCUT2D eigenvalue weighted by Crippen LogP contribution is -2.34. The molecule has 0 bridgehead atoms. The van der Waals surface area contributed by atoms with Crippen LogP contribution in [-0.2, 0) is 20.9 Å². The number of amides is 2. The van der Waals surface area contributed by atoms with Gasteiger partial charge in [0.2, 0.25) is 11.8 Å². The average Bonchev–Trinajstić information content (AvgIpc) is 3.25. The molecule has 7 nitrogen and oxygen atoms in total. The number of nitrogens with zero attached hydrogens (tertiary/aromatic N) is 1. The van der Waals surface area contributed by atoms with Crippen LogP contribution >= 0.6 is 11.8 Å². The van der Waals surface area contributed by atoms with Gasteiger partial charge in [-0.05, 0) is 68.3 Å². The number of hydrogen-bond acceptors (Lipinski definition) is 4. The Morgan fingerprint density at radius 3 is 2.29 bits per heavy atom. The van der Waals surface area contributed by atoms with E-state index in [9.17, 15) is 19.5 Å². The van der Waals surface area contributed by atoms with Crippen molar-refractivity contribution in [3.8, 4) is 0 Å². The summed E-state index contributed by atoms with van der Waals surface area (Å²) in [5.74, 6) is -2.40. The van der Waals surface area contributed by atoms with Crippen molar-refractivity contribution in [2.45, 2.75) is 31.2 Å². The highest BCUT2D eigenvalue weighted by Gasteiger charge is 2.33. The Kier molecular flexibility index (Phi) is 7.51. The van der Waals surface area contributed by atoms with Crippen LogP contribution in [0.15, 0.2) is 83.8 Å². The number of carbonyl (C=O) groups excluding carboxylic acids is 2. The minimum atomic E-state index is -0.952. The predicted octanol–water partition coefficient (Wildman–Crippen LogP) is 6.15. The zero-order chi connectivity index (χ0) is 26.6. The van der Waals surface area contributed by atoms with Gasteiger partial charge in [-0.15, -0.1) is 11.8 Å². The van der Waals surface area contributed by atoms with Crippen LogP contribution in [0.25, 0.3) is 21.8 Å². The van der Waals surface area contributed by atoms with E-state index in [0.717, 1.165) is 28.0 Å². The summed E-state index contributed by atoms with van der Waals surface area (Å²) in [5, 5.41) is 17.5. The summed E-state index contributed by atoms with van der Waals surface area (Å²) in [4.78, 5) is 37.7. The fraction of sp³-hybridized carbons (Fsp3) is 0.233. The number of hydrogen-bond donors (Lipinski definition) is 3. The Hall–Kier alpha value is -4.04. The van der Waals surface area contributed by atoms with E-state index >= 15 is 0 Å². The molecule has 2 unspecified atom stereocenters. The van der Waals surface area contributed by atoms with Gasteiger partial charge in [-0.2, -0.15) is 0 Å². The van der Waals surface area contributed by atoms with E-state index in [4.69, 9.17) is 0 Å². The highest BCUT2D eigenvalue weighted by Crippen LogP contribution is 2.31. The van der Waals surface area contributed by atoms with Crippen molar-refractivity contribution < 1.29 is 19.5 Å². The molecule has 194 valence electrons. The number of allylic oxidation sites excluding steroid dienone is 2. The molecule has 1 aromatic heterocycles. The number of nitrogens with one attached hydrogen (secondary N) is 2. The van der Waals surface area contributed by atoms with Crippen LogP contribution in [0.3, 0.4) is 0 Å². The van der Waals surface area contributed by atoms with Crippen molar-refractivity contribution in [2.24, 2.45) is 11.8 Å². The smallest absolute Gasteiger partial charge is 0.307 e. The van der Waals surface area contributed by atoms with E-state index in [1.807, 2.05) is 48.6 Å². The number of thioether (sulfide) groups is 1. The normalized spacial score (nSPS) is 17.0.